The molecule has 0 saturated carbocycles. The van der Waals surface area contributed by atoms with Gasteiger partial charge in [0.05, 0.1) is 23.1 Å². The average molecular weight is 380 g/mol. The molecule has 2 aliphatic heterocycles. The van der Waals surface area contributed by atoms with E-state index in [0.717, 1.165) is 12.1 Å². The van der Waals surface area contributed by atoms with Crippen LogP contribution in [-0.4, -0.2) is 42.4 Å². The topological polar surface area (TPSA) is 62.7 Å². The fourth-order valence-corrected chi connectivity index (χ4v) is 4.26. The van der Waals surface area contributed by atoms with E-state index in [-0.39, 0.29) is 12.5 Å². The highest BCUT2D eigenvalue weighted by atomic mass is 19.4. The first-order valence-corrected chi connectivity index (χ1v) is 8.75. The molecule has 0 radical (unpaired) electrons. The number of fused-ring (bicyclic) bond motifs is 2. The van der Waals surface area contributed by atoms with Crippen LogP contribution in [0.15, 0.2) is 24.3 Å². The second kappa shape index (κ2) is 6.09. The molecule has 4 rings (SSSR count). The van der Waals surface area contributed by atoms with Gasteiger partial charge in [0.2, 0.25) is 0 Å². The quantitative estimate of drug-likeness (QED) is 0.864. The number of rotatable bonds is 2. The summed E-state index contributed by atoms with van der Waals surface area (Å²) < 4.78 is 45.0. The Morgan fingerprint density at radius 2 is 2.15 bits per heavy atom. The number of benzene rings is 1. The molecule has 27 heavy (non-hydrogen) atoms. The van der Waals surface area contributed by atoms with Crippen molar-refractivity contribution in [1.82, 2.24) is 4.98 Å². The molecule has 0 unspecified atom stereocenters. The van der Waals surface area contributed by atoms with E-state index in [2.05, 4.69) is 4.98 Å². The third-order valence-electron chi connectivity index (χ3n) is 5.72. The number of carbonyl (C=O) groups is 1. The zero-order valence-corrected chi connectivity index (χ0v) is 14.7. The minimum Gasteiger partial charge on any atom is -0.481 e. The number of nitrogens with zero attached hydrogens (tertiary/aromatic N) is 2. The number of halogens is 3. The predicted octanol–water partition coefficient (Wildman–Crippen LogP) is 3.49. The second-order valence-electron chi connectivity index (χ2n) is 7.38. The van der Waals surface area contributed by atoms with E-state index in [1.54, 1.807) is 13.0 Å². The fourth-order valence-electron chi connectivity index (χ4n) is 4.26. The van der Waals surface area contributed by atoms with Crippen LogP contribution in [0.2, 0.25) is 0 Å². The van der Waals surface area contributed by atoms with Crippen molar-refractivity contribution in [3.05, 3.63) is 35.5 Å². The highest BCUT2D eigenvalue weighted by molar-refractivity contribution is 5.93. The van der Waals surface area contributed by atoms with Gasteiger partial charge in [-0.15, -0.1) is 0 Å². The molecule has 2 aromatic rings. The van der Waals surface area contributed by atoms with Crippen molar-refractivity contribution in [2.24, 2.45) is 11.3 Å². The number of hydrogen-bond donors (Lipinski definition) is 1. The largest absolute Gasteiger partial charge is 0.481 e. The predicted molar refractivity (Wildman–Crippen MR) is 92.7 cm³/mol. The number of hydrogen-bond acceptors (Lipinski definition) is 4. The Bertz CT molecular complexity index is 915. The summed E-state index contributed by atoms with van der Waals surface area (Å²) in [6.07, 6.45) is -4.05. The third kappa shape index (κ3) is 2.92. The van der Waals surface area contributed by atoms with Crippen LogP contribution < -0.4 is 4.90 Å². The average Bonchev–Trinajstić information content (AvgIpc) is 3.00. The molecule has 8 heteroatoms. The van der Waals surface area contributed by atoms with Crippen LogP contribution in [0.1, 0.15) is 17.7 Å². The Balaban J connectivity index is 1.82. The van der Waals surface area contributed by atoms with Crippen molar-refractivity contribution in [2.45, 2.75) is 19.5 Å². The summed E-state index contributed by atoms with van der Waals surface area (Å²) in [6, 6.07) is 5.22. The van der Waals surface area contributed by atoms with Crippen molar-refractivity contribution in [3.8, 4) is 0 Å². The van der Waals surface area contributed by atoms with E-state index in [0.29, 0.717) is 48.5 Å². The number of alkyl halides is 3. The molecule has 2 fully saturated rings. The summed E-state index contributed by atoms with van der Waals surface area (Å²) in [7, 11) is 0. The monoisotopic (exact) mass is 380 g/mol. The van der Waals surface area contributed by atoms with Crippen LogP contribution >= 0.6 is 0 Å². The molecule has 144 valence electrons. The van der Waals surface area contributed by atoms with Gasteiger partial charge in [0, 0.05) is 42.4 Å². The van der Waals surface area contributed by atoms with Gasteiger partial charge in [0.15, 0.2) is 0 Å². The van der Waals surface area contributed by atoms with Crippen LogP contribution in [0.5, 0.6) is 0 Å². The first-order valence-electron chi connectivity index (χ1n) is 8.75. The molecule has 0 spiro atoms. The maximum atomic E-state index is 13.2. The minimum absolute atomic E-state index is 0.196. The first kappa shape index (κ1) is 18.0. The maximum Gasteiger partial charge on any atom is 0.416 e. The summed E-state index contributed by atoms with van der Waals surface area (Å²) in [5.74, 6) is -1.07. The van der Waals surface area contributed by atoms with Gasteiger partial charge >= 0.3 is 12.1 Å². The molecule has 3 heterocycles. The van der Waals surface area contributed by atoms with Crippen LogP contribution in [0.4, 0.5) is 18.9 Å². The molecular formula is C19H19F3N2O3. The summed E-state index contributed by atoms with van der Waals surface area (Å²) in [4.78, 5) is 18.2. The number of ether oxygens (including phenoxy) is 1. The Morgan fingerprint density at radius 1 is 1.37 bits per heavy atom. The van der Waals surface area contributed by atoms with E-state index in [4.69, 9.17) is 4.74 Å². The van der Waals surface area contributed by atoms with E-state index in [9.17, 15) is 23.1 Å². The van der Waals surface area contributed by atoms with Gasteiger partial charge in [0.25, 0.3) is 0 Å². The summed E-state index contributed by atoms with van der Waals surface area (Å²) in [6.45, 7) is 3.19. The highest BCUT2D eigenvalue weighted by Crippen LogP contribution is 2.45. The van der Waals surface area contributed by atoms with Crippen LogP contribution in [0.3, 0.4) is 0 Å². The van der Waals surface area contributed by atoms with Gasteiger partial charge in [-0.25, -0.2) is 0 Å². The number of carboxylic acid groups (broad SMARTS) is 1. The lowest BCUT2D eigenvalue weighted by molar-refractivity contribution is -0.157. The van der Waals surface area contributed by atoms with Crippen LogP contribution in [0, 0.1) is 18.3 Å². The molecule has 1 aromatic carbocycles. The molecule has 2 atom stereocenters. The van der Waals surface area contributed by atoms with Gasteiger partial charge in [-0.1, -0.05) is 0 Å². The van der Waals surface area contributed by atoms with E-state index in [1.165, 1.54) is 6.07 Å². The lowest BCUT2D eigenvalue weighted by atomic mass is 9.74. The van der Waals surface area contributed by atoms with Gasteiger partial charge in [0.1, 0.15) is 0 Å². The number of carboxylic acids is 1. The minimum atomic E-state index is -4.45. The van der Waals surface area contributed by atoms with Gasteiger partial charge < -0.3 is 14.7 Å². The standard InChI is InChI=1S/C19H19F3N2O3/c1-11-6-16(14-7-12(19(20,21)22)2-3-15(14)23-11)24-8-13-9-27-5-4-18(13,10-24)17(25)26/h2-3,6-7,13H,4-5,8-10H2,1H3,(H,25,26)/t13-,18+/m1/s1. The Labute approximate surface area is 153 Å². The molecule has 0 amide bonds. The Morgan fingerprint density at radius 3 is 2.81 bits per heavy atom. The van der Waals surface area contributed by atoms with Gasteiger partial charge in [-0.2, -0.15) is 13.2 Å². The first-order chi connectivity index (χ1) is 12.7. The lowest BCUT2D eigenvalue weighted by Crippen LogP contribution is -2.44. The number of aromatic nitrogens is 1. The summed E-state index contributed by atoms with van der Waals surface area (Å²) >= 11 is 0. The van der Waals surface area contributed by atoms with Crippen molar-refractivity contribution >= 4 is 22.6 Å². The van der Waals surface area contributed by atoms with Crippen molar-refractivity contribution in [3.63, 3.8) is 0 Å². The molecule has 0 bridgehead atoms. The normalized spacial score (nSPS) is 25.6. The zero-order chi connectivity index (χ0) is 19.4. The van der Waals surface area contributed by atoms with Gasteiger partial charge in [-0.05, 0) is 37.6 Å². The Kier molecular flexibility index (Phi) is 4.06. The molecule has 2 aliphatic rings. The van der Waals surface area contributed by atoms with Crippen molar-refractivity contribution in [1.29, 1.82) is 0 Å². The number of anilines is 1. The number of aliphatic carboxylic acids is 1. The van der Waals surface area contributed by atoms with Crippen LogP contribution in [-0.2, 0) is 15.7 Å². The van der Waals surface area contributed by atoms with E-state index >= 15 is 0 Å². The van der Waals surface area contributed by atoms with E-state index in [1.807, 2.05) is 4.90 Å². The summed E-state index contributed by atoms with van der Waals surface area (Å²) in [5, 5.41) is 10.2. The smallest absolute Gasteiger partial charge is 0.416 e. The molecule has 1 N–H and O–H groups in total. The maximum absolute atomic E-state index is 13.2. The SMILES string of the molecule is Cc1cc(N2C[C@@H]3COCC[C@]3(C(=O)O)C2)c2cc(C(F)(F)F)ccc2n1. The highest BCUT2D eigenvalue weighted by Gasteiger charge is 2.54. The lowest BCUT2D eigenvalue weighted by Gasteiger charge is -2.34. The summed E-state index contributed by atoms with van der Waals surface area (Å²) in [5.41, 5.74) is 0.0679. The Hall–Kier alpha value is -2.35. The van der Waals surface area contributed by atoms with E-state index < -0.39 is 23.1 Å². The second-order valence-corrected chi connectivity index (χ2v) is 7.38. The molecular weight excluding hydrogens is 361 g/mol. The fraction of sp³-hybridized carbons (Fsp3) is 0.474. The third-order valence-corrected chi connectivity index (χ3v) is 5.72. The molecule has 0 aliphatic carbocycles. The van der Waals surface area contributed by atoms with Crippen LogP contribution in [0.25, 0.3) is 10.9 Å². The molecule has 5 nitrogen and oxygen atoms in total. The van der Waals surface area contributed by atoms with Crippen molar-refractivity contribution in [2.75, 3.05) is 31.2 Å². The molecule has 1 aromatic heterocycles. The van der Waals surface area contributed by atoms with Crippen molar-refractivity contribution < 1.29 is 27.8 Å². The molecule has 2 saturated heterocycles. The number of pyridine rings is 1. The zero-order valence-electron chi connectivity index (χ0n) is 14.7. The number of aryl methyl sites for hydroxylation is 1. The van der Waals surface area contributed by atoms with Gasteiger partial charge in [-0.3, -0.25) is 9.78 Å².